The molecule has 0 amide bonds. The molecule has 0 saturated carbocycles. The Morgan fingerprint density at radius 1 is 0.897 bits per heavy atom. The number of nitrogens with zero attached hydrogens (tertiary/aromatic N) is 1. The molecule has 196 valence electrons. The average Bonchev–Trinajstić information content (AvgIpc) is 3.32. The fourth-order valence-electron chi connectivity index (χ4n) is 6.34. The number of ether oxygens (including phenoxy) is 2. The van der Waals surface area contributed by atoms with Crippen LogP contribution in [0.2, 0.25) is 0 Å². The van der Waals surface area contributed by atoms with Crippen LogP contribution in [-0.2, 0) is 19.4 Å². The van der Waals surface area contributed by atoms with Gasteiger partial charge in [0.2, 0.25) is 0 Å². The predicted octanol–water partition coefficient (Wildman–Crippen LogP) is 7.28. The first-order valence-electron chi connectivity index (χ1n) is 13.3. The molecule has 5 aromatic rings. The highest BCUT2D eigenvalue weighted by Crippen LogP contribution is 2.49. The van der Waals surface area contributed by atoms with Crippen LogP contribution in [0.15, 0.2) is 84.9 Å². The van der Waals surface area contributed by atoms with Crippen molar-refractivity contribution in [3.8, 4) is 11.5 Å². The van der Waals surface area contributed by atoms with Gasteiger partial charge in [-0.05, 0) is 83.1 Å². The van der Waals surface area contributed by atoms with Gasteiger partial charge in [0.25, 0.3) is 0 Å². The quantitative estimate of drug-likeness (QED) is 0.264. The smallest absolute Gasteiger partial charge is 0.162 e. The molecule has 1 N–H and O–H groups in total. The number of nitrogens with one attached hydrogen (secondary N) is 1. The van der Waals surface area contributed by atoms with Crippen molar-refractivity contribution in [2.24, 2.45) is 0 Å². The first-order valence-corrected chi connectivity index (χ1v) is 13.3. The third-order valence-corrected chi connectivity index (χ3v) is 8.15. The maximum atomic E-state index is 14.2. The highest BCUT2D eigenvalue weighted by atomic mass is 19.1. The Labute approximate surface area is 225 Å². The van der Waals surface area contributed by atoms with Crippen molar-refractivity contribution in [1.29, 1.82) is 0 Å². The Bertz CT molecular complexity index is 1660. The maximum absolute atomic E-state index is 14.2. The minimum atomic E-state index is -0.269. The summed E-state index contributed by atoms with van der Waals surface area (Å²) in [4.78, 5) is 6.01. The SMILES string of the molecule is COc1cc2c(cc1OCc1ccccc1)C1Cc3c([nH]c4cc(F)ccc34)C(c3ccc(F)cc3)N1CC2. The summed E-state index contributed by atoms with van der Waals surface area (Å²) in [5, 5.41) is 1.03. The molecule has 2 aliphatic heterocycles. The van der Waals surface area contributed by atoms with Crippen molar-refractivity contribution >= 4 is 10.9 Å². The van der Waals surface area contributed by atoms with Crippen molar-refractivity contribution in [2.75, 3.05) is 13.7 Å². The Hall–Kier alpha value is -4.16. The van der Waals surface area contributed by atoms with Crippen LogP contribution >= 0.6 is 0 Å². The van der Waals surface area contributed by atoms with E-state index in [1.54, 1.807) is 13.2 Å². The van der Waals surface area contributed by atoms with E-state index in [1.807, 2.05) is 48.5 Å². The number of aromatic nitrogens is 1. The van der Waals surface area contributed by atoms with Crippen LogP contribution < -0.4 is 9.47 Å². The summed E-state index contributed by atoms with van der Waals surface area (Å²) >= 11 is 0. The fourth-order valence-corrected chi connectivity index (χ4v) is 6.34. The lowest BCUT2D eigenvalue weighted by atomic mass is 9.80. The van der Waals surface area contributed by atoms with Crippen LogP contribution in [0, 0.1) is 11.6 Å². The molecular weight excluding hydrogens is 494 g/mol. The second-order valence-corrected chi connectivity index (χ2v) is 10.3. The molecule has 4 nitrogen and oxygen atoms in total. The Kier molecular flexibility index (Phi) is 5.85. The van der Waals surface area contributed by atoms with E-state index in [1.165, 1.54) is 34.9 Å². The lowest BCUT2D eigenvalue weighted by Gasteiger charge is -2.46. The molecule has 6 heteroatoms. The molecule has 0 radical (unpaired) electrons. The Morgan fingerprint density at radius 2 is 1.69 bits per heavy atom. The number of benzene rings is 4. The van der Waals surface area contributed by atoms with Gasteiger partial charge in [-0.15, -0.1) is 0 Å². The summed E-state index contributed by atoms with van der Waals surface area (Å²) in [7, 11) is 1.68. The lowest BCUT2D eigenvalue weighted by molar-refractivity contribution is 0.127. The Morgan fingerprint density at radius 3 is 2.49 bits per heavy atom. The van der Waals surface area contributed by atoms with Gasteiger partial charge in [-0.3, -0.25) is 4.90 Å². The van der Waals surface area contributed by atoms with Crippen LogP contribution in [-0.4, -0.2) is 23.5 Å². The number of methoxy groups -OCH3 is 1. The lowest BCUT2D eigenvalue weighted by Crippen LogP contribution is -2.43. The predicted molar refractivity (Wildman–Crippen MR) is 147 cm³/mol. The van der Waals surface area contributed by atoms with Gasteiger partial charge in [-0.25, -0.2) is 8.78 Å². The van der Waals surface area contributed by atoms with Crippen LogP contribution in [0.1, 0.15) is 45.6 Å². The topological polar surface area (TPSA) is 37.5 Å². The number of aromatic amines is 1. The van der Waals surface area contributed by atoms with E-state index in [2.05, 4.69) is 22.0 Å². The molecule has 2 atom stereocenters. The van der Waals surface area contributed by atoms with Crippen LogP contribution in [0.25, 0.3) is 10.9 Å². The molecule has 3 heterocycles. The zero-order chi connectivity index (χ0) is 26.5. The molecule has 0 bridgehead atoms. The van der Waals surface area contributed by atoms with Crippen LogP contribution in [0.4, 0.5) is 8.78 Å². The summed E-state index contributed by atoms with van der Waals surface area (Å²) in [6, 6.07) is 26.0. The molecule has 0 aliphatic carbocycles. The van der Waals surface area contributed by atoms with Crippen molar-refractivity contribution in [3.63, 3.8) is 0 Å². The highest BCUT2D eigenvalue weighted by molar-refractivity contribution is 5.85. The molecule has 0 spiro atoms. The van der Waals surface area contributed by atoms with Gasteiger partial charge in [0.05, 0.1) is 13.2 Å². The third kappa shape index (κ3) is 4.16. The van der Waals surface area contributed by atoms with Crippen molar-refractivity contribution < 1.29 is 18.3 Å². The van der Waals surface area contributed by atoms with E-state index in [4.69, 9.17) is 9.47 Å². The van der Waals surface area contributed by atoms with Gasteiger partial charge < -0.3 is 14.5 Å². The zero-order valence-corrected chi connectivity index (χ0v) is 21.6. The second-order valence-electron chi connectivity index (χ2n) is 10.3. The maximum Gasteiger partial charge on any atom is 0.162 e. The highest BCUT2D eigenvalue weighted by Gasteiger charge is 2.41. The molecule has 1 aromatic heterocycles. The first kappa shape index (κ1) is 23.9. The van der Waals surface area contributed by atoms with Crippen LogP contribution in [0.5, 0.6) is 11.5 Å². The van der Waals surface area contributed by atoms with E-state index >= 15 is 0 Å². The van der Waals surface area contributed by atoms with Gasteiger partial charge in [-0.1, -0.05) is 42.5 Å². The van der Waals surface area contributed by atoms with Gasteiger partial charge in [0, 0.05) is 29.2 Å². The van der Waals surface area contributed by atoms with Crippen molar-refractivity contribution in [1.82, 2.24) is 9.88 Å². The molecule has 39 heavy (non-hydrogen) atoms. The molecule has 0 saturated heterocycles. The summed E-state index contributed by atoms with van der Waals surface area (Å²) in [5.74, 6) is 0.913. The van der Waals surface area contributed by atoms with Crippen LogP contribution in [0.3, 0.4) is 0 Å². The Balaban J connectivity index is 1.34. The average molecular weight is 523 g/mol. The molecule has 7 rings (SSSR count). The normalized spacial score (nSPS) is 18.3. The first-order chi connectivity index (χ1) is 19.1. The summed E-state index contributed by atoms with van der Waals surface area (Å²) < 4.78 is 40.1. The molecule has 4 aromatic carbocycles. The third-order valence-electron chi connectivity index (χ3n) is 8.15. The van der Waals surface area contributed by atoms with Gasteiger partial charge in [0.1, 0.15) is 18.2 Å². The minimum Gasteiger partial charge on any atom is -0.493 e. The van der Waals surface area contributed by atoms with Gasteiger partial charge >= 0.3 is 0 Å². The summed E-state index contributed by atoms with van der Waals surface area (Å²) in [6.45, 7) is 1.27. The van der Waals surface area contributed by atoms with E-state index in [-0.39, 0.29) is 23.7 Å². The minimum absolute atomic E-state index is 0.0744. The zero-order valence-electron chi connectivity index (χ0n) is 21.6. The van der Waals surface area contributed by atoms with E-state index in [0.29, 0.717) is 12.4 Å². The largest absolute Gasteiger partial charge is 0.493 e. The summed E-state index contributed by atoms with van der Waals surface area (Å²) in [5.41, 5.74) is 7.56. The number of fused-ring (bicyclic) bond motifs is 6. The van der Waals surface area contributed by atoms with Crippen molar-refractivity contribution in [3.05, 3.63) is 130 Å². The second kappa shape index (κ2) is 9.54. The molecular formula is C33H28F2N2O2. The number of hydrogen-bond acceptors (Lipinski definition) is 3. The van der Waals surface area contributed by atoms with Crippen molar-refractivity contribution in [2.45, 2.75) is 31.5 Å². The van der Waals surface area contributed by atoms with Gasteiger partial charge in [0.15, 0.2) is 11.5 Å². The van der Waals surface area contributed by atoms with E-state index < -0.39 is 0 Å². The van der Waals surface area contributed by atoms with E-state index in [9.17, 15) is 8.78 Å². The molecule has 2 unspecified atom stereocenters. The fraction of sp³-hybridized carbons (Fsp3) is 0.212. The molecule has 0 fully saturated rings. The van der Waals surface area contributed by atoms with Gasteiger partial charge in [-0.2, -0.15) is 0 Å². The number of rotatable bonds is 5. The standard InChI is InChI=1S/C33H28F2N2O2/c1-38-30-15-22-13-14-37-29(26(22)18-31(30)39-19-20-5-3-2-4-6-20)17-27-25-12-11-24(35)16-28(25)36-32(27)33(37)21-7-9-23(34)10-8-21/h2-12,15-16,18,29,33,36H,13-14,17,19H2,1H3. The number of H-pyrrole nitrogens is 1. The van der Waals surface area contributed by atoms with E-state index in [0.717, 1.165) is 52.9 Å². The number of hydrogen-bond donors (Lipinski definition) is 1. The monoisotopic (exact) mass is 522 g/mol. The summed E-state index contributed by atoms with van der Waals surface area (Å²) in [6.07, 6.45) is 1.62. The number of halogens is 2. The molecule has 2 aliphatic rings.